The molecular weight excluding hydrogens is 416 g/mol. The molecule has 0 fully saturated rings. The first-order chi connectivity index (χ1) is 10.5. The monoisotopic (exact) mass is 436 g/mol. The fourth-order valence-corrected chi connectivity index (χ4v) is 1.56. The molecule has 0 spiro atoms. The topological polar surface area (TPSA) is 174 Å². The Morgan fingerprint density at radius 2 is 1.17 bits per heavy atom. The van der Waals surface area contributed by atoms with Gasteiger partial charge >= 0.3 is 10.4 Å². The summed E-state index contributed by atoms with van der Waals surface area (Å²) in [6.07, 6.45) is 1.92. The molecule has 0 aliphatic heterocycles. The summed E-state index contributed by atoms with van der Waals surface area (Å²) in [5, 5.41) is 17.3. The van der Waals surface area contributed by atoms with Crippen LogP contribution in [0.5, 0.6) is 0 Å². The summed E-state index contributed by atoms with van der Waals surface area (Å²) in [5.74, 6) is 0. The van der Waals surface area contributed by atoms with Gasteiger partial charge in [0.1, 0.15) is 10.8 Å². The molecule has 12 heteroatoms. The van der Waals surface area contributed by atoms with Crippen molar-refractivity contribution < 1.29 is 34.6 Å². The third kappa shape index (κ3) is 20.9. The van der Waals surface area contributed by atoms with E-state index in [-0.39, 0.29) is 17.1 Å². The summed E-state index contributed by atoms with van der Waals surface area (Å²) in [6, 6.07) is 3.76. The summed E-state index contributed by atoms with van der Waals surface area (Å²) in [5.41, 5.74) is 15.8. The van der Waals surface area contributed by atoms with Crippen LogP contribution in [-0.2, 0) is 40.3 Å². The number of nitrogens with zero attached hydrogens (tertiary/aromatic N) is 2. The Balaban J connectivity index is -0.000000140. The molecule has 1 aromatic rings. The van der Waals surface area contributed by atoms with E-state index in [1.165, 1.54) is 21.9 Å². The Morgan fingerprint density at radius 1 is 1.00 bits per heavy atom. The van der Waals surface area contributed by atoms with Crippen molar-refractivity contribution in [3.05, 3.63) is 23.3 Å². The number of thiocyanates is 2. The summed E-state index contributed by atoms with van der Waals surface area (Å²) in [4.78, 5) is 0. The van der Waals surface area contributed by atoms with Gasteiger partial charge < -0.3 is 11.5 Å². The first kappa shape index (κ1) is 30.7. The molecule has 1 aromatic carbocycles. The molecule has 8 nitrogen and oxygen atoms in total. The van der Waals surface area contributed by atoms with Gasteiger partial charge in [-0.05, 0) is 36.1 Å². The Kier molecular flexibility index (Phi) is 23.3. The molecule has 1 rings (SSSR count). The molecule has 0 aromatic heterocycles. The molecule has 0 aliphatic carbocycles. The third-order valence-corrected chi connectivity index (χ3v) is 2.21. The average Bonchev–Trinajstić information content (AvgIpc) is 2.41. The van der Waals surface area contributed by atoms with Crippen LogP contribution in [0.15, 0.2) is 12.1 Å². The number of hydrogen-bond acceptors (Lipinski definition) is 8. The van der Waals surface area contributed by atoms with Gasteiger partial charge in [-0.1, -0.05) is 39.1 Å². The fourth-order valence-electron chi connectivity index (χ4n) is 1.56. The Bertz CT molecular complexity index is 594. The average molecular weight is 436 g/mol. The summed E-state index contributed by atoms with van der Waals surface area (Å²) in [6.45, 7) is 4.20. The van der Waals surface area contributed by atoms with E-state index in [1.807, 2.05) is 12.1 Å². The fraction of sp³-hybridized carbons (Fsp3) is 0.333. The quantitative estimate of drug-likeness (QED) is 0.134. The summed E-state index contributed by atoms with van der Waals surface area (Å²) in [7, 11) is -4.67. The summed E-state index contributed by atoms with van der Waals surface area (Å²) < 4.78 is 31.6. The van der Waals surface area contributed by atoms with Crippen molar-refractivity contribution in [3.63, 3.8) is 0 Å². The molecule has 0 aliphatic rings. The van der Waals surface area contributed by atoms with Crippen molar-refractivity contribution in [2.75, 3.05) is 11.5 Å². The SMILES string of the molecule is CCc1c(N)ccc(N)c1CC.N#CS.N#CS.O=S(=O)(O)O.[Fe]. The zero-order valence-corrected chi connectivity index (χ0v) is 16.7. The second kappa shape index (κ2) is 18.2. The van der Waals surface area contributed by atoms with E-state index in [0.29, 0.717) is 0 Å². The van der Waals surface area contributed by atoms with Gasteiger partial charge in [0, 0.05) is 28.4 Å². The first-order valence-corrected chi connectivity index (χ1v) is 8.24. The van der Waals surface area contributed by atoms with E-state index in [0.717, 1.165) is 24.2 Å². The summed E-state index contributed by atoms with van der Waals surface area (Å²) >= 11 is 6.19. The van der Waals surface area contributed by atoms with Crippen LogP contribution in [0.2, 0.25) is 0 Å². The van der Waals surface area contributed by atoms with Crippen LogP contribution in [0.25, 0.3) is 0 Å². The van der Waals surface area contributed by atoms with Crippen LogP contribution >= 0.6 is 25.3 Å². The Labute approximate surface area is 164 Å². The molecule has 0 unspecified atom stereocenters. The van der Waals surface area contributed by atoms with Crippen molar-refractivity contribution in [1.29, 1.82) is 10.5 Å². The van der Waals surface area contributed by atoms with Gasteiger partial charge in [0.15, 0.2) is 0 Å². The van der Waals surface area contributed by atoms with Crippen molar-refractivity contribution in [2.45, 2.75) is 26.7 Å². The third-order valence-electron chi connectivity index (χ3n) is 2.21. The maximum atomic E-state index is 8.74. The minimum Gasteiger partial charge on any atom is -0.398 e. The molecule has 0 radical (unpaired) electrons. The van der Waals surface area contributed by atoms with Crippen LogP contribution in [0, 0.1) is 21.3 Å². The number of benzene rings is 1. The number of nitrogen functional groups attached to an aromatic ring is 2. The molecule has 138 valence electrons. The maximum Gasteiger partial charge on any atom is 0.394 e. The molecule has 6 N–H and O–H groups in total. The van der Waals surface area contributed by atoms with Crippen LogP contribution < -0.4 is 11.5 Å². The predicted molar refractivity (Wildman–Crippen MR) is 97.4 cm³/mol. The molecule has 0 saturated carbocycles. The normalized spacial score (nSPS) is 8.17. The number of hydrogen-bond donors (Lipinski definition) is 6. The van der Waals surface area contributed by atoms with Crippen LogP contribution in [0.3, 0.4) is 0 Å². The number of nitriles is 2. The van der Waals surface area contributed by atoms with Gasteiger partial charge in [0.2, 0.25) is 0 Å². The number of nitrogens with two attached hydrogens (primary N) is 2. The number of thiol groups is 2. The van der Waals surface area contributed by atoms with Gasteiger partial charge in [0.25, 0.3) is 0 Å². The van der Waals surface area contributed by atoms with Crippen molar-refractivity contribution in [1.82, 2.24) is 0 Å². The Morgan fingerprint density at radius 3 is 1.29 bits per heavy atom. The van der Waals surface area contributed by atoms with E-state index >= 15 is 0 Å². The minimum atomic E-state index is -4.67. The molecule has 0 saturated heterocycles. The molecule has 0 atom stereocenters. The Hall–Kier alpha value is -1.11. The van der Waals surface area contributed by atoms with Gasteiger partial charge in [-0.2, -0.15) is 18.9 Å². The van der Waals surface area contributed by atoms with Gasteiger partial charge in [-0.15, -0.1) is 0 Å². The van der Waals surface area contributed by atoms with E-state index < -0.39 is 10.4 Å². The second-order valence-corrected chi connectivity index (χ2v) is 4.85. The van der Waals surface area contributed by atoms with Crippen LogP contribution in [-0.4, -0.2) is 17.5 Å². The molecule has 24 heavy (non-hydrogen) atoms. The van der Waals surface area contributed by atoms with Crippen molar-refractivity contribution in [2.24, 2.45) is 0 Å². The second-order valence-electron chi connectivity index (χ2n) is 3.56. The largest absolute Gasteiger partial charge is 0.398 e. The van der Waals surface area contributed by atoms with Gasteiger partial charge in [-0.3, -0.25) is 9.11 Å². The zero-order chi connectivity index (χ0) is 19.1. The first-order valence-electron chi connectivity index (χ1n) is 5.95. The van der Waals surface area contributed by atoms with Crippen LogP contribution in [0.1, 0.15) is 25.0 Å². The van der Waals surface area contributed by atoms with E-state index in [1.54, 1.807) is 0 Å². The molecule has 0 heterocycles. The maximum absolute atomic E-state index is 8.74. The molecule has 0 bridgehead atoms. The van der Waals surface area contributed by atoms with Gasteiger partial charge in [0.05, 0.1) is 0 Å². The van der Waals surface area contributed by atoms with E-state index in [2.05, 4.69) is 39.1 Å². The van der Waals surface area contributed by atoms with Crippen molar-refractivity contribution in [3.8, 4) is 10.8 Å². The van der Waals surface area contributed by atoms with E-state index in [9.17, 15) is 0 Å². The minimum absolute atomic E-state index is 0. The van der Waals surface area contributed by atoms with E-state index in [4.69, 9.17) is 39.5 Å². The zero-order valence-electron chi connectivity index (χ0n) is 13.0. The standard InChI is InChI=1S/C10H16N2.2CHNS.Fe.H2O4S/c1-3-7-8(4-2)10(12)6-5-9(7)11;2*2-1-3;;1-5(2,3)4/h5-6H,3-4,11-12H2,1-2H3;2*3H;;(H2,1,2,3,4). The van der Waals surface area contributed by atoms with Crippen molar-refractivity contribution >= 4 is 47.0 Å². The number of rotatable bonds is 2. The van der Waals surface area contributed by atoms with Gasteiger partial charge in [-0.25, -0.2) is 0 Å². The van der Waals surface area contributed by atoms with Crippen LogP contribution in [0.4, 0.5) is 11.4 Å². The molecular formula is C12H20FeN4O4S3. The molecule has 0 amide bonds. The number of anilines is 2. The predicted octanol–water partition coefficient (Wildman–Crippen LogP) is 2.12. The smallest absolute Gasteiger partial charge is 0.394 e.